The molecule has 0 aliphatic heterocycles. The molecular formula is C25H41N3O5. The Balaban J connectivity index is 3.25. The summed E-state index contributed by atoms with van der Waals surface area (Å²) in [5.41, 5.74) is -0.145. The lowest BCUT2D eigenvalue weighted by Gasteiger charge is -2.34. The Bertz CT molecular complexity index is 788. The number of nitrogens with zero attached hydrogens (tertiary/aromatic N) is 1. The first-order valence-electron chi connectivity index (χ1n) is 11.7. The molecule has 0 fully saturated rings. The van der Waals surface area contributed by atoms with Crippen LogP contribution in [0.25, 0.3) is 0 Å². The van der Waals surface area contributed by atoms with Crippen molar-refractivity contribution < 1.29 is 24.2 Å². The zero-order valence-electron chi connectivity index (χ0n) is 21.3. The van der Waals surface area contributed by atoms with Crippen LogP contribution in [0.2, 0.25) is 0 Å². The van der Waals surface area contributed by atoms with Gasteiger partial charge < -0.3 is 25.4 Å². The number of amides is 3. The number of rotatable bonds is 10. The largest absolute Gasteiger partial charge is 0.508 e. The number of likely N-dealkylation sites (N-methyl/N-ethyl adjacent to an activating group) is 1. The van der Waals surface area contributed by atoms with Gasteiger partial charge in [0.25, 0.3) is 0 Å². The van der Waals surface area contributed by atoms with Gasteiger partial charge in [-0.15, -0.1) is 0 Å². The van der Waals surface area contributed by atoms with E-state index in [1.807, 2.05) is 27.7 Å². The van der Waals surface area contributed by atoms with Crippen LogP contribution in [-0.2, 0) is 14.3 Å². The van der Waals surface area contributed by atoms with Gasteiger partial charge in [-0.1, -0.05) is 45.7 Å². The smallest absolute Gasteiger partial charge is 0.408 e. The first kappa shape index (κ1) is 28.3. The molecule has 0 aromatic heterocycles. The third-order valence-electron chi connectivity index (χ3n) is 5.45. The summed E-state index contributed by atoms with van der Waals surface area (Å²) >= 11 is 0. The molecule has 4 unspecified atom stereocenters. The summed E-state index contributed by atoms with van der Waals surface area (Å²) in [5.74, 6) is -0.838. The fraction of sp³-hybridized carbons (Fsp3) is 0.640. The maximum atomic E-state index is 13.6. The van der Waals surface area contributed by atoms with Crippen LogP contribution in [0.1, 0.15) is 79.3 Å². The number of hydrogen-bond acceptors (Lipinski definition) is 5. The Hall–Kier alpha value is -2.77. The second-order valence-corrected chi connectivity index (χ2v) is 9.65. The number of nitrogens with one attached hydrogen (secondary N) is 2. The van der Waals surface area contributed by atoms with Gasteiger partial charge in [-0.3, -0.25) is 9.59 Å². The number of benzene rings is 1. The molecule has 0 radical (unpaired) electrons. The van der Waals surface area contributed by atoms with Crippen molar-refractivity contribution in [2.45, 2.75) is 91.5 Å². The van der Waals surface area contributed by atoms with Gasteiger partial charge in [0.1, 0.15) is 23.4 Å². The number of hydrogen-bond donors (Lipinski definition) is 3. The molecule has 186 valence electrons. The first-order valence-corrected chi connectivity index (χ1v) is 11.7. The van der Waals surface area contributed by atoms with E-state index in [1.165, 1.54) is 17.0 Å². The average molecular weight is 464 g/mol. The van der Waals surface area contributed by atoms with Crippen LogP contribution in [0.15, 0.2) is 24.3 Å². The lowest BCUT2D eigenvalue weighted by Crippen LogP contribution is -2.54. The minimum absolute atomic E-state index is 0.0594. The van der Waals surface area contributed by atoms with Gasteiger partial charge in [0.05, 0.1) is 0 Å². The zero-order chi connectivity index (χ0) is 25.3. The Morgan fingerprint density at radius 1 is 1.06 bits per heavy atom. The summed E-state index contributed by atoms with van der Waals surface area (Å²) in [6.45, 7) is 13.0. The Morgan fingerprint density at radius 3 is 2.12 bits per heavy atom. The molecule has 0 aliphatic carbocycles. The number of alkyl carbamates (subject to hydrolysis) is 1. The number of carbonyl (C=O) groups excluding carboxylic acids is 3. The van der Waals surface area contributed by atoms with Crippen LogP contribution in [0.4, 0.5) is 4.79 Å². The van der Waals surface area contributed by atoms with E-state index in [9.17, 15) is 19.5 Å². The van der Waals surface area contributed by atoms with Crippen molar-refractivity contribution in [1.82, 2.24) is 15.5 Å². The molecule has 0 saturated heterocycles. The minimum atomic E-state index is -0.926. The highest BCUT2D eigenvalue weighted by molar-refractivity contribution is 5.92. The summed E-state index contributed by atoms with van der Waals surface area (Å²) in [7, 11) is 1.55. The highest BCUT2D eigenvalue weighted by atomic mass is 16.6. The van der Waals surface area contributed by atoms with Crippen LogP contribution < -0.4 is 10.6 Å². The first-order chi connectivity index (χ1) is 15.3. The quantitative estimate of drug-likeness (QED) is 0.483. The second kappa shape index (κ2) is 12.5. The molecule has 0 saturated carbocycles. The predicted octanol–water partition coefficient (Wildman–Crippen LogP) is 4.14. The molecule has 3 N–H and O–H groups in total. The molecular weight excluding hydrogens is 422 g/mol. The molecule has 8 heteroatoms. The highest BCUT2D eigenvalue weighted by Gasteiger charge is 2.36. The normalized spacial score (nSPS) is 15.0. The van der Waals surface area contributed by atoms with Gasteiger partial charge in [0.15, 0.2) is 0 Å². The molecule has 0 heterocycles. The topological polar surface area (TPSA) is 108 Å². The van der Waals surface area contributed by atoms with Gasteiger partial charge in [-0.25, -0.2) is 4.79 Å². The third-order valence-corrected chi connectivity index (χ3v) is 5.45. The maximum Gasteiger partial charge on any atom is 0.408 e. The zero-order valence-corrected chi connectivity index (χ0v) is 21.3. The lowest BCUT2D eigenvalue weighted by molar-refractivity contribution is -0.142. The molecule has 1 aromatic rings. The summed E-state index contributed by atoms with van der Waals surface area (Å²) < 4.78 is 5.35. The number of aromatic hydroxyl groups is 1. The third kappa shape index (κ3) is 8.94. The molecule has 0 bridgehead atoms. The summed E-state index contributed by atoms with van der Waals surface area (Å²) in [4.78, 5) is 40.6. The van der Waals surface area contributed by atoms with Crippen LogP contribution in [0, 0.1) is 5.92 Å². The van der Waals surface area contributed by atoms with Crippen molar-refractivity contribution in [1.29, 1.82) is 0 Å². The van der Waals surface area contributed by atoms with E-state index >= 15 is 0 Å². The van der Waals surface area contributed by atoms with Crippen molar-refractivity contribution in [3.8, 4) is 5.75 Å². The van der Waals surface area contributed by atoms with Crippen LogP contribution in [0.5, 0.6) is 5.75 Å². The van der Waals surface area contributed by atoms with E-state index in [0.717, 1.165) is 12.8 Å². The van der Waals surface area contributed by atoms with Crippen molar-refractivity contribution in [2.75, 3.05) is 7.05 Å². The molecule has 0 aliphatic rings. The number of phenols is 1. The van der Waals surface area contributed by atoms with E-state index in [4.69, 9.17) is 4.74 Å². The summed E-state index contributed by atoms with van der Waals surface area (Å²) in [5, 5.41) is 15.4. The van der Waals surface area contributed by atoms with E-state index in [0.29, 0.717) is 12.0 Å². The van der Waals surface area contributed by atoms with E-state index in [-0.39, 0.29) is 23.6 Å². The summed E-state index contributed by atoms with van der Waals surface area (Å²) in [6, 6.07) is 4.35. The van der Waals surface area contributed by atoms with Gasteiger partial charge >= 0.3 is 6.09 Å². The monoisotopic (exact) mass is 463 g/mol. The van der Waals surface area contributed by atoms with Crippen molar-refractivity contribution >= 4 is 17.9 Å². The predicted molar refractivity (Wildman–Crippen MR) is 129 cm³/mol. The second-order valence-electron chi connectivity index (χ2n) is 9.65. The minimum Gasteiger partial charge on any atom is -0.508 e. The number of carbonyl (C=O) groups is 3. The molecule has 1 rings (SSSR count). The molecule has 33 heavy (non-hydrogen) atoms. The van der Waals surface area contributed by atoms with Crippen molar-refractivity contribution in [3.63, 3.8) is 0 Å². The molecule has 3 amide bonds. The van der Waals surface area contributed by atoms with Gasteiger partial charge in [-0.2, -0.15) is 0 Å². The highest BCUT2D eigenvalue weighted by Crippen LogP contribution is 2.25. The fourth-order valence-electron chi connectivity index (χ4n) is 3.50. The number of phenolic OH excluding ortho intramolecular Hbond substituents is 1. The van der Waals surface area contributed by atoms with E-state index in [2.05, 4.69) is 10.6 Å². The maximum absolute atomic E-state index is 13.6. The average Bonchev–Trinajstić information content (AvgIpc) is 2.71. The molecule has 4 atom stereocenters. The Morgan fingerprint density at radius 2 is 1.64 bits per heavy atom. The van der Waals surface area contributed by atoms with Crippen LogP contribution in [-0.4, -0.2) is 52.6 Å². The van der Waals surface area contributed by atoms with Crippen LogP contribution in [0.3, 0.4) is 0 Å². The van der Waals surface area contributed by atoms with Gasteiger partial charge in [0.2, 0.25) is 11.8 Å². The molecule has 1 aromatic carbocycles. The van der Waals surface area contributed by atoms with Gasteiger partial charge in [-0.05, 0) is 57.7 Å². The van der Waals surface area contributed by atoms with Crippen LogP contribution >= 0.6 is 0 Å². The van der Waals surface area contributed by atoms with E-state index < -0.39 is 29.7 Å². The van der Waals surface area contributed by atoms with Gasteiger partial charge in [0, 0.05) is 13.1 Å². The molecule has 0 spiro atoms. The SMILES string of the molecule is CCCC(C)NC(=O)C(c1ccc(O)cc1)N(C)C(=O)C(NC(=O)OC(C)(C)C)C(C)CC. The lowest BCUT2D eigenvalue weighted by atomic mass is 9.96. The van der Waals surface area contributed by atoms with Crippen molar-refractivity contribution in [3.05, 3.63) is 29.8 Å². The Kier molecular flexibility index (Phi) is 10.7. The van der Waals surface area contributed by atoms with Crippen molar-refractivity contribution in [2.24, 2.45) is 5.92 Å². The van der Waals surface area contributed by atoms with E-state index in [1.54, 1.807) is 40.0 Å². The number of ether oxygens (including phenoxy) is 1. The Labute approximate surface area is 198 Å². The standard InChI is InChI=1S/C25H41N3O5/c1-9-11-17(4)26-22(30)21(18-12-14-19(29)15-13-18)28(8)23(31)20(16(3)10-2)27-24(32)33-25(5,6)7/h12-17,20-21,29H,9-11H2,1-8H3,(H,26,30)(H,27,32). The molecule has 8 nitrogen and oxygen atoms in total. The fourth-order valence-corrected chi connectivity index (χ4v) is 3.50. The summed E-state index contributed by atoms with van der Waals surface area (Å²) in [6.07, 6.45) is 1.68.